The lowest BCUT2D eigenvalue weighted by atomic mass is 10.1. The highest BCUT2D eigenvalue weighted by Crippen LogP contribution is 2.27. The zero-order valence-corrected chi connectivity index (χ0v) is 10.8. The average Bonchev–Trinajstić information content (AvgIpc) is 2.40. The SMILES string of the molecule is CCS(=O)(=O)Nc1ccccc1-c1ccncc1. The van der Waals surface area contributed by atoms with Gasteiger partial charge in [-0.2, -0.15) is 0 Å². The van der Waals surface area contributed by atoms with Crippen molar-refractivity contribution in [2.24, 2.45) is 0 Å². The Morgan fingerprint density at radius 3 is 2.44 bits per heavy atom. The molecule has 0 unspecified atom stereocenters. The Morgan fingerprint density at radius 2 is 1.78 bits per heavy atom. The van der Waals surface area contributed by atoms with E-state index in [4.69, 9.17) is 0 Å². The molecule has 0 atom stereocenters. The zero-order valence-electron chi connectivity index (χ0n) is 10.00. The third-order valence-corrected chi connectivity index (χ3v) is 3.85. The molecular weight excluding hydrogens is 248 g/mol. The summed E-state index contributed by atoms with van der Waals surface area (Å²) < 4.78 is 25.8. The Morgan fingerprint density at radius 1 is 1.11 bits per heavy atom. The molecule has 1 heterocycles. The maximum absolute atomic E-state index is 11.6. The van der Waals surface area contributed by atoms with Crippen LogP contribution in [0.4, 0.5) is 5.69 Å². The van der Waals surface area contributed by atoms with Crippen LogP contribution in [0.5, 0.6) is 0 Å². The Kier molecular flexibility index (Phi) is 3.62. The molecule has 0 fully saturated rings. The molecule has 0 spiro atoms. The minimum atomic E-state index is -3.27. The molecule has 18 heavy (non-hydrogen) atoms. The van der Waals surface area contributed by atoms with E-state index in [2.05, 4.69) is 9.71 Å². The molecule has 0 bridgehead atoms. The van der Waals surface area contributed by atoms with Gasteiger partial charge in [-0.05, 0) is 30.7 Å². The molecule has 0 radical (unpaired) electrons. The molecule has 5 heteroatoms. The molecule has 1 aromatic carbocycles. The van der Waals surface area contributed by atoms with Crippen molar-refractivity contribution in [3.63, 3.8) is 0 Å². The van der Waals surface area contributed by atoms with E-state index in [1.807, 2.05) is 24.3 Å². The molecule has 2 rings (SSSR count). The van der Waals surface area contributed by atoms with Gasteiger partial charge in [0.1, 0.15) is 0 Å². The summed E-state index contributed by atoms with van der Waals surface area (Å²) in [5.74, 6) is 0.0533. The largest absolute Gasteiger partial charge is 0.283 e. The van der Waals surface area contributed by atoms with Crippen LogP contribution in [0.2, 0.25) is 0 Å². The van der Waals surface area contributed by atoms with Crippen LogP contribution in [0.25, 0.3) is 11.1 Å². The molecule has 1 aromatic heterocycles. The maximum Gasteiger partial charge on any atom is 0.232 e. The van der Waals surface area contributed by atoms with E-state index in [0.29, 0.717) is 5.69 Å². The lowest BCUT2D eigenvalue weighted by molar-refractivity contribution is 0.602. The summed E-state index contributed by atoms with van der Waals surface area (Å²) in [5, 5.41) is 0. The van der Waals surface area contributed by atoms with Gasteiger partial charge in [-0.3, -0.25) is 9.71 Å². The third-order valence-electron chi connectivity index (χ3n) is 2.56. The van der Waals surface area contributed by atoms with Gasteiger partial charge < -0.3 is 0 Å². The zero-order chi connectivity index (χ0) is 13.0. The molecule has 0 amide bonds. The minimum Gasteiger partial charge on any atom is -0.283 e. The van der Waals surface area contributed by atoms with E-state index in [1.54, 1.807) is 31.5 Å². The first-order valence-electron chi connectivity index (χ1n) is 5.62. The third kappa shape index (κ3) is 2.87. The van der Waals surface area contributed by atoms with Gasteiger partial charge in [-0.15, -0.1) is 0 Å². The molecular formula is C13H14N2O2S. The van der Waals surface area contributed by atoms with Crippen LogP contribution < -0.4 is 4.72 Å². The van der Waals surface area contributed by atoms with E-state index in [0.717, 1.165) is 11.1 Å². The van der Waals surface area contributed by atoms with E-state index in [-0.39, 0.29) is 5.75 Å². The second kappa shape index (κ2) is 5.18. The molecule has 0 saturated carbocycles. The van der Waals surface area contributed by atoms with Crippen molar-refractivity contribution in [3.8, 4) is 11.1 Å². The molecule has 94 valence electrons. The number of benzene rings is 1. The summed E-state index contributed by atoms with van der Waals surface area (Å²) in [7, 11) is -3.27. The fourth-order valence-electron chi connectivity index (χ4n) is 1.60. The maximum atomic E-state index is 11.6. The predicted molar refractivity (Wildman–Crippen MR) is 72.8 cm³/mol. The molecule has 0 saturated heterocycles. The second-order valence-corrected chi connectivity index (χ2v) is 5.80. The van der Waals surface area contributed by atoms with Gasteiger partial charge in [0.25, 0.3) is 0 Å². The van der Waals surface area contributed by atoms with Crippen LogP contribution in [0.15, 0.2) is 48.8 Å². The van der Waals surface area contributed by atoms with Gasteiger partial charge in [0, 0.05) is 18.0 Å². The molecule has 0 aliphatic carbocycles. The van der Waals surface area contributed by atoms with Gasteiger partial charge in [0.15, 0.2) is 0 Å². The average molecular weight is 262 g/mol. The fraction of sp³-hybridized carbons (Fsp3) is 0.154. The Bertz CT molecular complexity index is 624. The van der Waals surface area contributed by atoms with E-state index < -0.39 is 10.0 Å². The number of para-hydroxylation sites is 1. The highest BCUT2D eigenvalue weighted by Gasteiger charge is 2.10. The smallest absolute Gasteiger partial charge is 0.232 e. The minimum absolute atomic E-state index is 0.0533. The number of rotatable bonds is 4. The number of anilines is 1. The van der Waals surface area contributed by atoms with Crippen LogP contribution in [-0.4, -0.2) is 19.2 Å². The van der Waals surface area contributed by atoms with Gasteiger partial charge in [-0.1, -0.05) is 18.2 Å². The van der Waals surface area contributed by atoms with Crippen molar-refractivity contribution in [2.45, 2.75) is 6.92 Å². The molecule has 0 aliphatic rings. The predicted octanol–water partition coefficient (Wildman–Crippen LogP) is 2.51. The number of hydrogen-bond donors (Lipinski definition) is 1. The lowest BCUT2D eigenvalue weighted by Crippen LogP contribution is -2.15. The molecule has 4 nitrogen and oxygen atoms in total. The summed E-state index contributed by atoms with van der Waals surface area (Å²) in [6, 6.07) is 11.0. The number of hydrogen-bond acceptors (Lipinski definition) is 3. The monoisotopic (exact) mass is 262 g/mol. The highest BCUT2D eigenvalue weighted by atomic mass is 32.2. The number of pyridine rings is 1. The van der Waals surface area contributed by atoms with E-state index >= 15 is 0 Å². The van der Waals surface area contributed by atoms with Crippen LogP contribution in [0.3, 0.4) is 0 Å². The molecule has 0 aliphatic heterocycles. The normalized spacial score (nSPS) is 11.2. The number of sulfonamides is 1. The Balaban J connectivity index is 2.44. The Hall–Kier alpha value is -1.88. The van der Waals surface area contributed by atoms with Crippen molar-refractivity contribution < 1.29 is 8.42 Å². The van der Waals surface area contributed by atoms with Crippen LogP contribution in [0, 0.1) is 0 Å². The first-order valence-corrected chi connectivity index (χ1v) is 7.27. The standard InChI is InChI=1S/C13H14N2O2S/c1-2-18(16,17)15-13-6-4-3-5-12(13)11-7-9-14-10-8-11/h3-10,15H,2H2,1H3. The first-order chi connectivity index (χ1) is 8.62. The fourth-order valence-corrected chi connectivity index (χ4v) is 2.25. The van der Waals surface area contributed by atoms with Crippen LogP contribution in [0.1, 0.15) is 6.92 Å². The number of nitrogens with one attached hydrogen (secondary N) is 1. The van der Waals surface area contributed by atoms with E-state index in [1.165, 1.54) is 0 Å². The summed E-state index contributed by atoms with van der Waals surface area (Å²) in [6.45, 7) is 1.61. The number of nitrogens with zero attached hydrogens (tertiary/aromatic N) is 1. The van der Waals surface area contributed by atoms with Gasteiger partial charge in [0.05, 0.1) is 11.4 Å². The van der Waals surface area contributed by atoms with Crippen LogP contribution in [-0.2, 0) is 10.0 Å². The van der Waals surface area contributed by atoms with E-state index in [9.17, 15) is 8.42 Å². The quantitative estimate of drug-likeness (QED) is 0.921. The summed E-state index contributed by atoms with van der Waals surface area (Å²) in [5.41, 5.74) is 2.36. The van der Waals surface area contributed by atoms with Crippen molar-refractivity contribution in [1.29, 1.82) is 0 Å². The van der Waals surface area contributed by atoms with Gasteiger partial charge in [-0.25, -0.2) is 8.42 Å². The highest BCUT2D eigenvalue weighted by molar-refractivity contribution is 7.92. The Labute approximate surface area is 107 Å². The van der Waals surface area contributed by atoms with Crippen LogP contribution >= 0.6 is 0 Å². The topological polar surface area (TPSA) is 59.1 Å². The van der Waals surface area contributed by atoms with Crippen molar-refractivity contribution >= 4 is 15.7 Å². The number of aromatic nitrogens is 1. The first kappa shape index (κ1) is 12.6. The second-order valence-electron chi connectivity index (χ2n) is 3.79. The van der Waals surface area contributed by atoms with Crippen molar-refractivity contribution in [3.05, 3.63) is 48.8 Å². The molecule has 2 aromatic rings. The summed E-state index contributed by atoms with van der Waals surface area (Å²) >= 11 is 0. The molecule has 1 N–H and O–H groups in total. The van der Waals surface area contributed by atoms with Gasteiger partial charge in [0.2, 0.25) is 10.0 Å². The van der Waals surface area contributed by atoms with Crippen molar-refractivity contribution in [1.82, 2.24) is 4.98 Å². The van der Waals surface area contributed by atoms with Gasteiger partial charge >= 0.3 is 0 Å². The summed E-state index contributed by atoms with van der Waals surface area (Å²) in [4.78, 5) is 3.95. The van der Waals surface area contributed by atoms with Crippen molar-refractivity contribution in [2.75, 3.05) is 10.5 Å². The summed E-state index contributed by atoms with van der Waals surface area (Å²) in [6.07, 6.45) is 3.36. The lowest BCUT2D eigenvalue weighted by Gasteiger charge is -2.11.